The average Bonchev–Trinajstić information content (AvgIpc) is 3.36. The summed E-state index contributed by atoms with van der Waals surface area (Å²) in [6.07, 6.45) is 9.17. The van der Waals surface area contributed by atoms with E-state index >= 15 is 0 Å². The van der Waals surface area contributed by atoms with E-state index in [0.29, 0.717) is 13.1 Å². The molecule has 0 aliphatic carbocycles. The van der Waals surface area contributed by atoms with Crippen molar-refractivity contribution in [3.63, 3.8) is 0 Å². The molecular formula is C21H24N6O2. The molecule has 5 rings (SSSR count). The Labute approximate surface area is 169 Å². The fourth-order valence-electron chi connectivity index (χ4n) is 4.46. The van der Waals surface area contributed by atoms with Gasteiger partial charge in [0.25, 0.3) is 0 Å². The maximum absolute atomic E-state index is 12.6. The van der Waals surface area contributed by atoms with Crippen molar-refractivity contribution in [1.29, 1.82) is 0 Å². The maximum Gasteiger partial charge on any atom is 0.318 e. The number of carbonyl (C=O) groups excluding carboxylic acids is 1. The van der Waals surface area contributed by atoms with Crippen molar-refractivity contribution in [2.45, 2.75) is 24.9 Å². The summed E-state index contributed by atoms with van der Waals surface area (Å²) in [7, 11) is 1.66. The van der Waals surface area contributed by atoms with Gasteiger partial charge in [0, 0.05) is 38.6 Å². The van der Waals surface area contributed by atoms with Crippen molar-refractivity contribution in [2.75, 3.05) is 31.6 Å². The first kappa shape index (κ1) is 17.8. The highest BCUT2D eigenvalue weighted by Gasteiger charge is 2.47. The van der Waals surface area contributed by atoms with Gasteiger partial charge in [0.15, 0.2) is 5.82 Å². The lowest BCUT2D eigenvalue weighted by Crippen LogP contribution is -2.54. The summed E-state index contributed by atoms with van der Waals surface area (Å²) < 4.78 is 7.23. The Balaban J connectivity index is 1.34. The fourth-order valence-corrected chi connectivity index (χ4v) is 4.46. The summed E-state index contributed by atoms with van der Waals surface area (Å²) in [6.45, 7) is 3.00. The zero-order chi connectivity index (χ0) is 19.8. The number of benzene rings is 1. The zero-order valence-corrected chi connectivity index (χ0v) is 16.4. The van der Waals surface area contributed by atoms with Gasteiger partial charge in [-0.25, -0.2) is 14.8 Å². The number of amides is 2. The molecular weight excluding hydrogens is 368 g/mol. The molecule has 1 aromatic carbocycles. The summed E-state index contributed by atoms with van der Waals surface area (Å²) in [5, 5.41) is 3.07. The molecule has 2 aromatic heterocycles. The number of fused-ring (bicyclic) bond motifs is 1. The number of rotatable bonds is 4. The van der Waals surface area contributed by atoms with E-state index in [1.807, 2.05) is 52.2 Å². The molecule has 0 bridgehead atoms. The lowest BCUT2D eigenvalue weighted by atomic mass is 9.86. The molecule has 2 aliphatic heterocycles. The van der Waals surface area contributed by atoms with Gasteiger partial charge in [0.05, 0.1) is 25.2 Å². The van der Waals surface area contributed by atoms with Crippen LogP contribution in [0.25, 0.3) is 5.52 Å². The van der Waals surface area contributed by atoms with E-state index in [-0.39, 0.29) is 11.6 Å². The Morgan fingerprint density at radius 1 is 1.21 bits per heavy atom. The van der Waals surface area contributed by atoms with Gasteiger partial charge in [-0.3, -0.25) is 0 Å². The Morgan fingerprint density at radius 2 is 2.00 bits per heavy atom. The second kappa shape index (κ2) is 6.95. The van der Waals surface area contributed by atoms with Gasteiger partial charge < -0.3 is 24.3 Å². The Morgan fingerprint density at radius 3 is 2.76 bits per heavy atom. The van der Waals surface area contributed by atoms with Crippen molar-refractivity contribution >= 4 is 17.4 Å². The number of carbonyl (C=O) groups is 1. The van der Waals surface area contributed by atoms with Crippen LogP contribution in [0.15, 0.2) is 49.2 Å². The second-order valence-corrected chi connectivity index (χ2v) is 7.74. The van der Waals surface area contributed by atoms with Crippen LogP contribution >= 0.6 is 0 Å². The summed E-state index contributed by atoms with van der Waals surface area (Å²) >= 11 is 0. The van der Waals surface area contributed by atoms with Gasteiger partial charge in [-0.1, -0.05) is 12.1 Å². The van der Waals surface area contributed by atoms with Crippen molar-refractivity contribution in [3.8, 4) is 5.75 Å². The average molecular weight is 392 g/mol. The highest BCUT2D eigenvalue weighted by atomic mass is 16.5. The number of methoxy groups -OCH3 is 1. The van der Waals surface area contributed by atoms with E-state index in [2.05, 4.69) is 20.2 Å². The van der Waals surface area contributed by atoms with Crippen molar-refractivity contribution in [1.82, 2.24) is 24.6 Å². The molecule has 1 spiro atoms. The van der Waals surface area contributed by atoms with E-state index in [1.54, 1.807) is 13.4 Å². The van der Waals surface area contributed by atoms with Crippen molar-refractivity contribution in [3.05, 3.63) is 54.7 Å². The summed E-state index contributed by atoms with van der Waals surface area (Å²) in [4.78, 5) is 25.8. The molecule has 4 heterocycles. The van der Waals surface area contributed by atoms with E-state index in [9.17, 15) is 4.79 Å². The Bertz CT molecular complexity index is 1020. The topological polar surface area (TPSA) is 75.0 Å². The predicted molar refractivity (Wildman–Crippen MR) is 109 cm³/mol. The maximum atomic E-state index is 12.6. The third-order valence-electron chi connectivity index (χ3n) is 6.20. The molecule has 2 amide bonds. The van der Waals surface area contributed by atoms with E-state index in [1.165, 1.54) is 0 Å². The van der Waals surface area contributed by atoms with Crippen LogP contribution in [0, 0.1) is 0 Å². The molecule has 0 unspecified atom stereocenters. The van der Waals surface area contributed by atoms with Gasteiger partial charge in [0.1, 0.15) is 11.3 Å². The fraction of sp³-hybridized carbons (Fsp3) is 0.381. The number of aromatic nitrogens is 3. The number of urea groups is 1. The van der Waals surface area contributed by atoms with Crippen LogP contribution < -0.4 is 15.0 Å². The molecule has 2 aliphatic rings. The molecule has 1 N–H and O–H groups in total. The molecule has 8 heteroatoms. The Kier molecular flexibility index (Phi) is 4.26. The molecule has 2 saturated heterocycles. The van der Waals surface area contributed by atoms with E-state index in [0.717, 1.165) is 48.6 Å². The summed E-state index contributed by atoms with van der Waals surface area (Å²) in [5.74, 6) is 1.78. The number of imidazole rings is 1. The minimum atomic E-state index is -0.154. The lowest BCUT2D eigenvalue weighted by Gasteiger charge is -2.44. The number of piperidine rings is 1. The van der Waals surface area contributed by atoms with Crippen LogP contribution in [0.3, 0.4) is 0 Å². The minimum Gasteiger partial charge on any atom is -0.497 e. The molecule has 0 atom stereocenters. The Hall–Kier alpha value is -3.29. The molecule has 29 heavy (non-hydrogen) atoms. The summed E-state index contributed by atoms with van der Waals surface area (Å²) in [6, 6.07) is 7.95. The third-order valence-corrected chi connectivity index (χ3v) is 6.20. The largest absolute Gasteiger partial charge is 0.497 e. The van der Waals surface area contributed by atoms with Gasteiger partial charge in [-0.15, -0.1) is 0 Å². The number of ether oxygens (including phenoxy) is 1. The van der Waals surface area contributed by atoms with Gasteiger partial charge in [-0.05, 0) is 30.5 Å². The monoisotopic (exact) mass is 392 g/mol. The number of anilines is 1. The second-order valence-electron chi connectivity index (χ2n) is 7.74. The zero-order valence-electron chi connectivity index (χ0n) is 16.4. The number of hydrogen-bond donors (Lipinski definition) is 1. The van der Waals surface area contributed by atoms with Gasteiger partial charge >= 0.3 is 6.03 Å². The lowest BCUT2D eigenvalue weighted by molar-refractivity contribution is 0.126. The number of hydrogen-bond acceptors (Lipinski definition) is 5. The first-order valence-corrected chi connectivity index (χ1v) is 9.89. The van der Waals surface area contributed by atoms with Gasteiger partial charge in [0.2, 0.25) is 0 Å². The quantitative estimate of drug-likeness (QED) is 0.737. The number of nitrogens with one attached hydrogen (secondary N) is 1. The van der Waals surface area contributed by atoms with Crippen LogP contribution in [0.1, 0.15) is 18.4 Å². The first-order chi connectivity index (χ1) is 14.2. The molecule has 0 radical (unpaired) electrons. The number of nitrogens with zero attached hydrogens (tertiary/aromatic N) is 5. The molecule has 0 saturated carbocycles. The first-order valence-electron chi connectivity index (χ1n) is 9.89. The minimum absolute atomic E-state index is 0.0188. The smallest absolute Gasteiger partial charge is 0.318 e. The van der Waals surface area contributed by atoms with Crippen LogP contribution in [-0.2, 0) is 6.54 Å². The third kappa shape index (κ3) is 3.04. The van der Waals surface area contributed by atoms with Crippen molar-refractivity contribution in [2.24, 2.45) is 0 Å². The molecule has 8 nitrogen and oxygen atoms in total. The molecule has 150 valence electrons. The van der Waals surface area contributed by atoms with E-state index in [4.69, 9.17) is 4.74 Å². The highest BCUT2D eigenvalue weighted by molar-refractivity contribution is 5.78. The standard InChI is InChI=1S/C21H24N6O2/c1-29-17-4-2-16(3-5-17)13-27-20(28)24-14-21(27)6-9-25(10-7-21)19-18-12-22-15-26(18)11-8-23-19/h2-5,8,11-12,15H,6-7,9-10,13-14H2,1H3,(H,24,28). The SMILES string of the molecule is COc1ccc(CN2C(=O)NCC23CCN(c2nccn4cncc24)CC3)cc1. The molecule has 3 aromatic rings. The van der Waals surface area contributed by atoms with Crippen LogP contribution in [0.2, 0.25) is 0 Å². The highest BCUT2D eigenvalue weighted by Crippen LogP contribution is 2.35. The van der Waals surface area contributed by atoms with Crippen LogP contribution in [0.5, 0.6) is 5.75 Å². The van der Waals surface area contributed by atoms with Crippen LogP contribution in [-0.4, -0.2) is 57.6 Å². The normalized spacial score (nSPS) is 18.4. The van der Waals surface area contributed by atoms with E-state index < -0.39 is 0 Å². The van der Waals surface area contributed by atoms with Crippen LogP contribution in [0.4, 0.5) is 10.6 Å². The molecule has 2 fully saturated rings. The van der Waals surface area contributed by atoms with Crippen molar-refractivity contribution < 1.29 is 9.53 Å². The van der Waals surface area contributed by atoms with Gasteiger partial charge in [-0.2, -0.15) is 0 Å². The summed E-state index contributed by atoms with van der Waals surface area (Å²) in [5.41, 5.74) is 1.97. The predicted octanol–water partition coefficient (Wildman–Crippen LogP) is 2.30.